The Bertz CT molecular complexity index is 1300. The second kappa shape index (κ2) is 14.1. The van der Waals surface area contributed by atoms with Gasteiger partial charge in [0.1, 0.15) is 11.7 Å². The molecule has 0 spiro atoms. The molecule has 1 saturated heterocycles. The summed E-state index contributed by atoms with van der Waals surface area (Å²) in [5.41, 5.74) is 1.24. The Labute approximate surface area is 249 Å². The van der Waals surface area contributed by atoms with Crippen LogP contribution in [0.1, 0.15) is 44.4 Å². The van der Waals surface area contributed by atoms with Crippen LogP contribution in [0, 0.1) is 0 Å². The first-order valence-corrected chi connectivity index (χ1v) is 13.8. The van der Waals surface area contributed by atoms with E-state index in [4.69, 9.17) is 28.4 Å². The highest BCUT2D eigenvalue weighted by Gasteiger charge is 2.54. The van der Waals surface area contributed by atoms with Crippen LogP contribution in [0.4, 0.5) is 0 Å². The fourth-order valence-corrected chi connectivity index (χ4v) is 5.22. The Morgan fingerprint density at radius 3 is 1.33 bits per heavy atom. The van der Waals surface area contributed by atoms with Crippen LogP contribution in [0.2, 0.25) is 0 Å². The predicted octanol–water partition coefficient (Wildman–Crippen LogP) is 4.08. The maximum Gasteiger partial charge on any atom is 0.305 e. The van der Waals surface area contributed by atoms with Gasteiger partial charge in [0.2, 0.25) is 12.4 Å². The Morgan fingerprint density at radius 1 is 0.558 bits per heavy atom. The first-order valence-electron chi connectivity index (χ1n) is 13.8. The van der Waals surface area contributed by atoms with Gasteiger partial charge in [-0.25, -0.2) is 0 Å². The predicted molar refractivity (Wildman–Crippen MR) is 152 cm³/mol. The molecule has 226 valence electrons. The third-order valence-corrected chi connectivity index (χ3v) is 6.78. The molecule has 0 unspecified atom stereocenters. The lowest BCUT2D eigenvalue weighted by atomic mass is 9.80. The normalized spacial score (nSPS) is 21.7. The molecule has 0 aromatic heterocycles. The van der Waals surface area contributed by atoms with Crippen molar-refractivity contribution in [1.82, 2.24) is 0 Å². The van der Waals surface area contributed by atoms with Crippen LogP contribution in [-0.4, -0.2) is 61.2 Å². The number of rotatable bonds is 10. The van der Waals surface area contributed by atoms with Crippen LogP contribution >= 0.6 is 0 Å². The summed E-state index contributed by atoms with van der Waals surface area (Å²) < 4.78 is 34.9. The molecule has 0 saturated carbocycles. The van der Waals surface area contributed by atoms with Gasteiger partial charge in [-0.2, -0.15) is 0 Å². The summed E-state index contributed by atoms with van der Waals surface area (Å²) in [7, 11) is 0. The van der Waals surface area contributed by atoms with Crippen molar-refractivity contribution in [3.63, 3.8) is 0 Å². The Morgan fingerprint density at radius 2 is 0.930 bits per heavy atom. The monoisotopic (exact) mass is 591 g/mol. The zero-order chi connectivity index (χ0) is 31.0. The number of benzene rings is 3. The van der Waals surface area contributed by atoms with Gasteiger partial charge in [0.25, 0.3) is 0 Å². The molecule has 1 fully saturated rings. The van der Waals surface area contributed by atoms with Crippen LogP contribution in [0.25, 0.3) is 0 Å². The zero-order valence-electron chi connectivity index (χ0n) is 24.3. The molecular formula is C33H34O10. The van der Waals surface area contributed by atoms with Crippen LogP contribution in [-0.2, 0) is 53.2 Å². The van der Waals surface area contributed by atoms with Crippen molar-refractivity contribution in [2.24, 2.45) is 0 Å². The van der Waals surface area contributed by atoms with Crippen molar-refractivity contribution < 1.29 is 47.6 Å². The van der Waals surface area contributed by atoms with Crippen molar-refractivity contribution in [3.05, 3.63) is 108 Å². The fourth-order valence-electron chi connectivity index (χ4n) is 5.22. The fraction of sp³-hybridized carbons (Fsp3) is 0.333. The Hall–Kier alpha value is -4.54. The minimum atomic E-state index is -1.49. The van der Waals surface area contributed by atoms with Gasteiger partial charge in [-0.1, -0.05) is 91.0 Å². The third-order valence-electron chi connectivity index (χ3n) is 6.78. The molecule has 1 aliphatic rings. The number of esters is 4. The van der Waals surface area contributed by atoms with E-state index in [0.717, 1.165) is 37.5 Å². The number of ether oxygens (including phenoxy) is 6. The number of carbonyl (C=O) groups excluding carboxylic acids is 4. The van der Waals surface area contributed by atoms with E-state index >= 15 is 0 Å². The van der Waals surface area contributed by atoms with E-state index < -0.39 is 60.2 Å². The molecule has 3 aromatic rings. The maximum absolute atomic E-state index is 12.3. The number of carbonyl (C=O) groups is 4. The largest absolute Gasteiger partial charge is 0.456 e. The van der Waals surface area contributed by atoms with Gasteiger partial charge >= 0.3 is 23.9 Å². The highest BCUT2D eigenvalue weighted by molar-refractivity contribution is 5.69. The van der Waals surface area contributed by atoms with Crippen LogP contribution < -0.4 is 0 Å². The van der Waals surface area contributed by atoms with E-state index in [9.17, 15) is 19.2 Å². The molecule has 3 aromatic carbocycles. The summed E-state index contributed by atoms with van der Waals surface area (Å²) in [4.78, 5) is 48.6. The molecule has 4 rings (SSSR count). The summed E-state index contributed by atoms with van der Waals surface area (Å²) in [6, 6.07) is 28.7. The maximum atomic E-state index is 12.3. The molecule has 1 aliphatic heterocycles. The minimum Gasteiger partial charge on any atom is -0.456 e. The van der Waals surface area contributed by atoms with Crippen molar-refractivity contribution in [1.29, 1.82) is 0 Å². The van der Waals surface area contributed by atoms with Crippen LogP contribution in [0.3, 0.4) is 0 Å². The molecular weight excluding hydrogens is 557 g/mol. The molecule has 10 nitrogen and oxygen atoms in total. The van der Waals surface area contributed by atoms with Crippen molar-refractivity contribution in [2.75, 3.05) is 6.61 Å². The van der Waals surface area contributed by atoms with Gasteiger partial charge in [-0.15, -0.1) is 0 Å². The summed E-state index contributed by atoms with van der Waals surface area (Å²) in [6.45, 7) is 4.40. The van der Waals surface area contributed by atoms with Gasteiger partial charge in [-0.05, 0) is 16.7 Å². The van der Waals surface area contributed by atoms with E-state index in [2.05, 4.69) is 0 Å². The van der Waals surface area contributed by atoms with E-state index in [1.807, 2.05) is 91.0 Å². The summed E-state index contributed by atoms with van der Waals surface area (Å²) in [5.74, 6) is -2.93. The first-order chi connectivity index (χ1) is 20.6. The van der Waals surface area contributed by atoms with E-state index in [1.165, 1.54) is 6.92 Å². The second-order valence-corrected chi connectivity index (χ2v) is 9.96. The summed E-state index contributed by atoms with van der Waals surface area (Å²) >= 11 is 0. The van der Waals surface area contributed by atoms with Crippen molar-refractivity contribution in [3.8, 4) is 0 Å². The molecule has 0 N–H and O–H groups in total. The van der Waals surface area contributed by atoms with E-state index in [0.29, 0.717) is 0 Å². The highest BCUT2D eigenvalue weighted by Crippen LogP contribution is 2.41. The van der Waals surface area contributed by atoms with Gasteiger partial charge in [0.05, 0.1) is 6.61 Å². The summed E-state index contributed by atoms with van der Waals surface area (Å²) in [6.07, 6.45) is -6.73. The number of hydrogen-bond donors (Lipinski definition) is 0. The molecule has 5 atom stereocenters. The van der Waals surface area contributed by atoms with Gasteiger partial charge < -0.3 is 28.4 Å². The minimum absolute atomic E-state index is 0.237. The zero-order valence-corrected chi connectivity index (χ0v) is 24.3. The average molecular weight is 592 g/mol. The lowest BCUT2D eigenvalue weighted by Gasteiger charge is -2.45. The molecule has 0 radical (unpaired) electrons. The van der Waals surface area contributed by atoms with Gasteiger partial charge in [0, 0.05) is 27.7 Å². The highest BCUT2D eigenvalue weighted by atomic mass is 16.8. The SMILES string of the molecule is CC(=O)O[C@@H]1O[C@H]([13CH2]OC(c2ccccc2)(c2ccccc2)c2ccccc2)[C@@H](OC(C)=O)[C@H](OC(C)=O)[C@H]1OC(C)=O. The molecule has 10 heteroatoms. The van der Waals surface area contributed by atoms with E-state index in [1.54, 1.807) is 0 Å². The quantitative estimate of drug-likeness (QED) is 0.147. The lowest BCUT2D eigenvalue weighted by molar-refractivity contribution is -0.303. The van der Waals surface area contributed by atoms with Crippen LogP contribution in [0.5, 0.6) is 0 Å². The third kappa shape index (κ3) is 7.46. The molecule has 0 amide bonds. The lowest BCUT2D eigenvalue weighted by Crippen LogP contribution is -2.63. The smallest absolute Gasteiger partial charge is 0.305 e. The molecule has 0 bridgehead atoms. The number of hydrogen-bond acceptors (Lipinski definition) is 10. The van der Waals surface area contributed by atoms with Crippen molar-refractivity contribution in [2.45, 2.75) is 64.0 Å². The Balaban J connectivity index is 1.83. The van der Waals surface area contributed by atoms with Gasteiger partial charge in [-0.3, -0.25) is 19.2 Å². The second-order valence-electron chi connectivity index (χ2n) is 9.96. The average Bonchev–Trinajstić information content (AvgIpc) is 2.97. The summed E-state index contributed by atoms with van der Waals surface area (Å²) in [5, 5.41) is 0. The standard InChI is InChI=1S/C33H34O10/c1-21(34)39-29-28(43-32(42-24(4)37)31(41-23(3)36)30(29)40-22(2)35)20-38-33(25-14-8-5-9-15-25,26-16-10-6-11-17-26)27-18-12-7-13-19-27/h5-19,28-32H,20H2,1-4H3/t28-,29-,30+,31-,32-/m1/s1/i20+1. The van der Waals surface area contributed by atoms with Crippen LogP contribution in [0.15, 0.2) is 91.0 Å². The van der Waals surface area contributed by atoms with Gasteiger partial charge in [0.15, 0.2) is 12.2 Å². The topological polar surface area (TPSA) is 124 Å². The Kier molecular flexibility index (Phi) is 10.3. The molecule has 43 heavy (non-hydrogen) atoms. The molecule has 1 heterocycles. The van der Waals surface area contributed by atoms with E-state index in [-0.39, 0.29) is 6.61 Å². The van der Waals surface area contributed by atoms with Crippen molar-refractivity contribution >= 4 is 23.9 Å². The first kappa shape index (κ1) is 31.4. The molecule has 0 aliphatic carbocycles.